The van der Waals surface area contributed by atoms with Crippen molar-refractivity contribution in [2.24, 2.45) is 0 Å². The van der Waals surface area contributed by atoms with E-state index in [9.17, 15) is 9.90 Å². The van der Waals surface area contributed by atoms with Crippen molar-refractivity contribution >= 4 is 21.9 Å². The third-order valence-corrected chi connectivity index (χ3v) is 3.47. The molecular weight excluding hydrogens is 280 g/mol. The lowest BCUT2D eigenvalue weighted by molar-refractivity contribution is 0.0697. The Balaban J connectivity index is 2.68. The molecule has 2 rings (SSSR count). The maximum atomic E-state index is 11.2. The minimum Gasteiger partial charge on any atom is -0.478 e. The molecule has 0 heterocycles. The quantitative estimate of drug-likeness (QED) is 0.903. The first-order chi connectivity index (χ1) is 8.09. The van der Waals surface area contributed by atoms with Crippen LogP contribution in [0.5, 0.6) is 0 Å². The smallest absolute Gasteiger partial charge is 0.336 e. The average Bonchev–Trinajstić information content (AvgIpc) is 2.33. The van der Waals surface area contributed by atoms with E-state index in [2.05, 4.69) is 15.9 Å². The highest BCUT2D eigenvalue weighted by Crippen LogP contribution is 2.29. The zero-order valence-electron chi connectivity index (χ0n) is 9.27. The van der Waals surface area contributed by atoms with Crippen molar-refractivity contribution in [1.29, 1.82) is 0 Å². The summed E-state index contributed by atoms with van der Waals surface area (Å²) < 4.78 is 0.918. The summed E-state index contributed by atoms with van der Waals surface area (Å²) in [6.45, 7) is 1.88. The molecule has 0 fully saturated rings. The van der Waals surface area contributed by atoms with Crippen molar-refractivity contribution in [2.45, 2.75) is 6.92 Å². The summed E-state index contributed by atoms with van der Waals surface area (Å²) in [4.78, 5) is 11.2. The Hall–Kier alpha value is -1.61. The second-order valence-electron chi connectivity index (χ2n) is 3.82. The molecule has 0 spiro atoms. The lowest BCUT2D eigenvalue weighted by atomic mass is 9.98. The molecule has 0 atom stereocenters. The van der Waals surface area contributed by atoms with E-state index in [1.54, 1.807) is 6.07 Å². The number of aryl methyl sites for hydroxylation is 1. The molecule has 1 N–H and O–H groups in total. The van der Waals surface area contributed by atoms with Crippen molar-refractivity contribution in [3.63, 3.8) is 0 Å². The molecule has 0 aliphatic heterocycles. The van der Waals surface area contributed by atoms with E-state index in [0.29, 0.717) is 5.56 Å². The second-order valence-corrected chi connectivity index (χ2v) is 4.67. The Morgan fingerprint density at radius 1 is 1.18 bits per heavy atom. The summed E-state index contributed by atoms with van der Waals surface area (Å²) >= 11 is 3.43. The van der Waals surface area contributed by atoms with Gasteiger partial charge in [-0.15, -0.1) is 0 Å². The monoisotopic (exact) mass is 290 g/mol. The van der Waals surface area contributed by atoms with E-state index >= 15 is 0 Å². The Bertz CT molecular complexity index is 562. The van der Waals surface area contributed by atoms with Gasteiger partial charge in [-0.1, -0.05) is 46.3 Å². The number of carboxylic acid groups (broad SMARTS) is 1. The van der Waals surface area contributed by atoms with Crippen LogP contribution in [0.3, 0.4) is 0 Å². The fraction of sp³-hybridized carbons (Fsp3) is 0.0714. The fourth-order valence-corrected chi connectivity index (χ4v) is 2.06. The van der Waals surface area contributed by atoms with Gasteiger partial charge in [0.2, 0.25) is 0 Å². The Morgan fingerprint density at radius 2 is 1.82 bits per heavy atom. The van der Waals surface area contributed by atoms with E-state index in [-0.39, 0.29) is 0 Å². The normalized spacial score (nSPS) is 10.2. The molecule has 0 bridgehead atoms. The van der Waals surface area contributed by atoms with Crippen LogP contribution in [-0.2, 0) is 0 Å². The van der Waals surface area contributed by atoms with Gasteiger partial charge in [0.25, 0.3) is 0 Å². The first kappa shape index (κ1) is 11.9. The van der Waals surface area contributed by atoms with Crippen molar-refractivity contribution in [3.8, 4) is 11.1 Å². The van der Waals surface area contributed by atoms with Gasteiger partial charge in [-0.25, -0.2) is 4.79 Å². The van der Waals surface area contributed by atoms with E-state index in [4.69, 9.17) is 0 Å². The van der Waals surface area contributed by atoms with Gasteiger partial charge in [-0.2, -0.15) is 0 Å². The highest BCUT2D eigenvalue weighted by atomic mass is 79.9. The maximum Gasteiger partial charge on any atom is 0.336 e. The molecule has 0 saturated heterocycles. The summed E-state index contributed by atoms with van der Waals surface area (Å²) in [5.41, 5.74) is 2.89. The van der Waals surface area contributed by atoms with Crippen LogP contribution in [0.2, 0.25) is 0 Å². The highest BCUT2D eigenvalue weighted by Gasteiger charge is 2.13. The molecule has 2 aromatic rings. The molecule has 2 nitrogen and oxygen atoms in total. The van der Waals surface area contributed by atoms with Crippen molar-refractivity contribution < 1.29 is 9.90 Å². The SMILES string of the molecule is Cc1cc(C(=O)O)c(-c2ccccc2)cc1Br. The molecule has 0 aliphatic carbocycles. The lowest BCUT2D eigenvalue weighted by Gasteiger charge is -2.09. The van der Waals surface area contributed by atoms with Gasteiger partial charge in [0.05, 0.1) is 5.56 Å². The van der Waals surface area contributed by atoms with E-state index in [1.165, 1.54) is 0 Å². The van der Waals surface area contributed by atoms with Gasteiger partial charge in [-0.05, 0) is 35.7 Å². The standard InChI is InChI=1S/C14H11BrO2/c1-9-7-12(14(16)17)11(8-13(9)15)10-5-3-2-4-6-10/h2-8H,1H3,(H,16,17). The number of benzene rings is 2. The molecule has 0 unspecified atom stereocenters. The molecule has 0 aliphatic rings. The summed E-state index contributed by atoms with van der Waals surface area (Å²) in [6, 6.07) is 13.1. The second kappa shape index (κ2) is 4.72. The summed E-state index contributed by atoms with van der Waals surface area (Å²) in [6.07, 6.45) is 0. The molecule has 0 radical (unpaired) electrons. The molecule has 17 heavy (non-hydrogen) atoms. The van der Waals surface area contributed by atoms with Crippen LogP contribution in [0.1, 0.15) is 15.9 Å². The number of carboxylic acids is 1. The number of rotatable bonds is 2. The zero-order valence-corrected chi connectivity index (χ0v) is 10.9. The Kier molecular flexibility index (Phi) is 3.29. The number of hydrogen-bond acceptors (Lipinski definition) is 1. The largest absolute Gasteiger partial charge is 0.478 e. The van der Waals surface area contributed by atoms with Crippen LogP contribution in [0.15, 0.2) is 46.9 Å². The third kappa shape index (κ3) is 2.39. The fourth-order valence-electron chi connectivity index (χ4n) is 1.71. The Morgan fingerprint density at radius 3 is 2.41 bits per heavy atom. The minimum atomic E-state index is -0.903. The molecule has 2 aromatic carbocycles. The van der Waals surface area contributed by atoms with Gasteiger partial charge < -0.3 is 5.11 Å². The third-order valence-electron chi connectivity index (χ3n) is 2.61. The lowest BCUT2D eigenvalue weighted by Crippen LogP contribution is -2.00. The highest BCUT2D eigenvalue weighted by molar-refractivity contribution is 9.10. The minimum absolute atomic E-state index is 0.330. The number of halogens is 1. The zero-order chi connectivity index (χ0) is 12.4. The van der Waals surface area contributed by atoms with Crippen LogP contribution < -0.4 is 0 Å². The average molecular weight is 291 g/mol. The molecule has 3 heteroatoms. The van der Waals surface area contributed by atoms with Crippen molar-refractivity contribution in [2.75, 3.05) is 0 Å². The van der Waals surface area contributed by atoms with Crippen molar-refractivity contribution in [1.82, 2.24) is 0 Å². The topological polar surface area (TPSA) is 37.3 Å². The number of aromatic carboxylic acids is 1. The van der Waals surface area contributed by atoms with Gasteiger partial charge in [0.15, 0.2) is 0 Å². The first-order valence-electron chi connectivity index (χ1n) is 5.18. The molecular formula is C14H11BrO2. The van der Waals surface area contributed by atoms with Crippen LogP contribution in [0.25, 0.3) is 11.1 Å². The number of hydrogen-bond donors (Lipinski definition) is 1. The van der Waals surface area contributed by atoms with Crippen LogP contribution in [0.4, 0.5) is 0 Å². The van der Waals surface area contributed by atoms with Crippen LogP contribution in [-0.4, -0.2) is 11.1 Å². The summed E-state index contributed by atoms with van der Waals surface area (Å²) in [5, 5.41) is 9.23. The van der Waals surface area contributed by atoms with Crippen molar-refractivity contribution in [3.05, 3.63) is 58.1 Å². The number of carbonyl (C=O) groups is 1. The van der Waals surface area contributed by atoms with E-state index in [1.807, 2.05) is 43.3 Å². The van der Waals surface area contributed by atoms with E-state index in [0.717, 1.165) is 21.2 Å². The van der Waals surface area contributed by atoms with Gasteiger partial charge in [-0.3, -0.25) is 0 Å². The van der Waals surface area contributed by atoms with E-state index < -0.39 is 5.97 Å². The molecule has 0 saturated carbocycles. The van der Waals surface area contributed by atoms with Crippen LogP contribution >= 0.6 is 15.9 Å². The predicted octanol–water partition coefficient (Wildman–Crippen LogP) is 4.12. The van der Waals surface area contributed by atoms with Gasteiger partial charge in [0.1, 0.15) is 0 Å². The van der Waals surface area contributed by atoms with Crippen LogP contribution in [0, 0.1) is 6.92 Å². The summed E-state index contributed by atoms with van der Waals surface area (Å²) in [7, 11) is 0. The molecule has 0 amide bonds. The molecule has 86 valence electrons. The van der Waals surface area contributed by atoms with Gasteiger partial charge in [0, 0.05) is 4.47 Å². The summed E-state index contributed by atoms with van der Waals surface area (Å²) in [5.74, 6) is -0.903. The molecule has 0 aromatic heterocycles. The Labute approximate surface area is 108 Å². The maximum absolute atomic E-state index is 11.2. The van der Waals surface area contributed by atoms with Gasteiger partial charge >= 0.3 is 5.97 Å². The first-order valence-corrected chi connectivity index (χ1v) is 5.98. The predicted molar refractivity (Wildman–Crippen MR) is 71.3 cm³/mol.